The van der Waals surface area contributed by atoms with Crippen molar-refractivity contribution in [3.8, 4) is 5.88 Å². The average molecular weight is 521 g/mol. The second-order valence-electron chi connectivity index (χ2n) is 10.8. The highest BCUT2D eigenvalue weighted by Gasteiger charge is 2.48. The van der Waals surface area contributed by atoms with Crippen molar-refractivity contribution >= 4 is 17.7 Å². The summed E-state index contributed by atoms with van der Waals surface area (Å²) in [6.07, 6.45) is 3.82. The molecule has 0 aliphatic heterocycles. The summed E-state index contributed by atoms with van der Waals surface area (Å²) in [5.41, 5.74) is -0.371. The summed E-state index contributed by atoms with van der Waals surface area (Å²) in [6.45, 7) is 7.06. The summed E-state index contributed by atoms with van der Waals surface area (Å²) in [5.74, 6) is 0.607. The fourth-order valence-electron chi connectivity index (χ4n) is 4.61. The number of carbonyl (C=O) groups excluding carboxylic acids is 2. The highest BCUT2D eigenvalue weighted by atomic mass is 19.3. The lowest BCUT2D eigenvalue weighted by molar-refractivity contribution is -0.120. The van der Waals surface area contributed by atoms with Gasteiger partial charge in [0.05, 0.1) is 25.0 Å². The summed E-state index contributed by atoms with van der Waals surface area (Å²) in [5, 5.41) is 17.2. The van der Waals surface area contributed by atoms with Crippen molar-refractivity contribution in [2.75, 3.05) is 12.4 Å². The molecule has 2 aromatic heterocycles. The third-order valence-electron chi connectivity index (χ3n) is 6.61. The lowest BCUT2D eigenvalue weighted by Gasteiger charge is -2.28. The number of carbonyl (C=O) groups is 2. The van der Waals surface area contributed by atoms with Crippen LogP contribution in [0.5, 0.6) is 5.88 Å². The van der Waals surface area contributed by atoms with Crippen LogP contribution in [0.4, 0.5) is 19.3 Å². The molecule has 0 bridgehead atoms. The number of anilines is 1. The molecule has 12 heteroatoms. The Balaban J connectivity index is 1.51. The monoisotopic (exact) mass is 520 g/mol. The van der Waals surface area contributed by atoms with Crippen LogP contribution in [0.1, 0.15) is 77.1 Å². The Morgan fingerprint density at radius 1 is 1.14 bits per heavy atom. The molecule has 0 radical (unpaired) electrons. The van der Waals surface area contributed by atoms with Gasteiger partial charge in [-0.3, -0.25) is 9.48 Å². The Morgan fingerprint density at radius 3 is 2.32 bits per heavy atom. The van der Waals surface area contributed by atoms with Gasteiger partial charge in [-0.2, -0.15) is 5.10 Å². The molecule has 2 heterocycles. The van der Waals surface area contributed by atoms with Crippen LogP contribution in [0.25, 0.3) is 0 Å². The van der Waals surface area contributed by atoms with Gasteiger partial charge in [0.15, 0.2) is 0 Å². The minimum Gasteiger partial charge on any atom is -0.480 e. The fraction of sp³-hybridized carbons (Fsp3) is 0.640. The Labute approximate surface area is 214 Å². The lowest BCUT2D eigenvalue weighted by Crippen LogP contribution is -2.51. The molecule has 2 saturated carbocycles. The van der Waals surface area contributed by atoms with E-state index in [4.69, 9.17) is 9.47 Å². The largest absolute Gasteiger partial charge is 0.480 e. The summed E-state index contributed by atoms with van der Waals surface area (Å²) in [4.78, 5) is 26.0. The van der Waals surface area contributed by atoms with E-state index < -0.39 is 35.9 Å². The van der Waals surface area contributed by atoms with Crippen molar-refractivity contribution in [2.24, 2.45) is 17.8 Å². The van der Waals surface area contributed by atoms with E-state index in [0.29, 0.717) is 23.1 Å². The summed E-state index contributed by atoms with van der Waals surface area (Å²) in [7, 11) is 1.38. The van der Waals surface area contributed by atoms with Gasteiger partial charge in [-0.15, -0.1) is 10.2 Å². The van der Waals surface area contributed by atoms with Gasteiger partial charge in [-0.25, -0.2) is 13.6 Å². The van der Waals surface area contributed by atoms with Gasteiger partial charge in [0, 0.05) is 11.8 Å². The molecule has 0 aromatic carbocycles. The van der Waals surface area contributed by atoms with Gasteiger partial charge >= 0.3 is 6.09 Å². The van der Waals surface area contributed by atoms with E-state index in [2.05, 4.69) is 25.9 Å². The van der Waals surface area contributed by atoms with Crippen molar-refractivity contribution in [3.05, 3.63) is 29.7 Å². The number of hydrogen-bond acceptors (Lipinski definition) is 7. The Hall–Kier alpha value is -3.31. The summed E-state index contributed by atoms with van der Waals surface area (Å²) >= 11 is 0. The van der Waals surface area contributed by atoms with Crippen molar-refractivity contribution in [1.29, 1.82) is 0 Å². The molecule has 4 rings (SSSR count). The number of nitrogens with one attached hydrogen (secondary N) is 2. The van der Waals surface area contributed by atoms with Crippen molar-refractivity contribution in [3.63, 3.8) is 0 Å². The molecular weight excluding hydrogens is 486 g/mol. The molecule has 10 nitrogen and oxygen atoms in total. The van der Waals surface area contributed by atoms with Gasteiger partial charge in [0.1, 0.15) is 17.3 Å². The number of nitrogens with zero attached hydrogens (tertiary/aromatic N) is 4. The molecule has 202 valence electrons. The first-order valence-electron chi connectivity index (χ1n) is 12.5. The molecule has 0 saturated heterocycles. The molecule has 2 aliphatic rings. The number of halogens is 2. The van der Waals surface area contributed by atoms with E-state index in [9.17, 15) is 18.4 Å². The van der Waals surface area contributed by atoms with Crippen LogP contribution < -0.4 is 15.4 Å². The predicted octanol–water partition coefficient (Wildman–Crippen LogP) is 4.50. The minimum absolute atomic E-state index is 0.0430. The lowest BCUT2D eigenvalue weighted by atomic mass is 9.89. The topological polar surface area (TPSA) is 120 Å². The first kappa shape index (κ1) is 26.7. The molecule has 2 atom stereocenters. The molecule has 2 aromatic rings. The molecule has 2 fully saturated rings. The first-order chi connectivity index (χ1) is 17.5. The third kappa shape index (κ3) is 6.72. The third-order valence-corrected chi connectivity index (χ3v) is 6.61. The number of methoxy groups -OCH3 is 1. The maximum atomic E-state index is 13.4. The van der Waals surface area contributed by atoms with Crippen molar-refractivity contribution in [1.82, 2.24) is 25.3 Å². The Kier molecular flexibility index (Phi) is 7.65. The van der Waals surface area contributed by atoms with Crippen LogP contribution in [0.3, 0.4) is 0 Å². The van der Waals surface area contributed by atoms with E-state index in [1.54, 1.807) is 33.9 Å². The average Bonchev–Trinajstić information content (AvgIpc) is 3.76. The zero-order valence-electron chi connectivity index (χ0n) is 21.7. The van der Waals surface area contributed by atoms with Gasteiger partial charge in [0.25, 0.3) is 6.43 Å². The number of alkyl halides is 2. The van der Waals surface area contributed by atoms with Crippen LogP contribution in [0.2, 0.25) is 0 Å². The number of aromatic nitrogens is 4. The van der Waals surface area contributed by atoms with Crippen molar-refractivity contribution in [2.45, 2.75) is 77.5 Å². The van der Waals surface area contributed by atoms with Gasteiger partial charge in [-0.05, 0) is 77.2 Å². The van der Waals surface area contributed by atoms with E-state index >= 15 is 0 Å². The molecule has 2 aliphatic carbocycles. The van der Waals surface area contributed by atoms with Crippen LogP contribution in [0, 0.1) is 17.8 Å². The molecule has 0 spiro atoms. The Morgan fingerprint density at radius 2 is 1.78 bits per heavy atom. The van der Waals surface area contributed by atoms with E-state index in [1.807, 2.05) is 0 Å². The predicted molar refractivity (Wildman–Crippen MR) is 130 cm³/mol. The fourth-order valence-corrected chi connectivity index (χ4v) is 4.61. The van der Waals surface area contributed by atoms with Gasteiger partial charge < -0.3 is 20.1 Å². The standard InChI is InChI=1S/C25H34F2N6O4/c1-13(17-10-18(21(26)27)31-32-23(17)36-5)33-12-16(11-28-33)29-22(34)20(30-24(35)37-25(2,3)4)19(14-6-7-14)15-8-9-15/h10-15,19-21H,6-9H2,1-5H3,(H,29,34)(H,30,35)/t13?,20-/m0/s1. The maximum Gasteiger partial charge on any atom is 0.408 e. The van der Waals surface area contributed by atoms with Crippen LogP contribution in [0.15, 0.2) is 18.5 Å². The van der Waals surface area contributed by atoms with E-state index in [1.165, 1.54) is 24.1 Å². The summed E-state index contributed by atoms with van der Waals surface area (Å²) in [6, 6.07) is -0.0405. The Bertz CT molecular complexity index is 1110. The van der Waals surface area contributed by atoms with E-state index in [0.717, 1.165) is 25.7 Å². The highest BCUT2D eigenvalue weighted by Crippen LogP contribution is 2.51. The zero-order chi connectivity index (χ0) is 26.9. The normalized spacial score (nSPS) is 17.4. The highest BCUT2D eigenvalue weighted by molar-refractivity contribution is 5.96. The van der Waals surface area contributed by atoms with Gasteiger partial charge in [0.2, 0.25) is 11.8 Å². The van der Waals surface area contributed by atoms with Crippen LogP contribution in [-0.4, -0.2) is 50.7 Å². The smallest absolute Gasteiger partial charge is 0.408 e. The molecule has 2 amide bonds. The van der Waals surface area contributed by atoms with Crippen molar-refractivity contribution < 1.29 is 27.8 Å². The number of ether oxygens (including phenoxy) is 2. The SMILES string of the molecule is COc1nnc(C(F)F)cc1C(C)n1cc(NC(=O)[C@@H](NC(=O)OC(C)(C)C)C(C2CC2)C2CC2)cn1. The minimum atomic E-state index is -2.78. The molecule has 2 N–H and O–H groups in total. The number of hydrogen-bond donors (Lipinski definition) is 2. The van der Waals surface area contributed by atoms with Crippen LogP contribution >= 0.6 is 0 Å². The first-order valence-corrected chi connectivity index (χ1v) is 12.5. The number of amides is 2. The summed E-state index contributed by atoms with van der Waals surface area (Å²) < 4.78 is 38.5. The molecule has 1 unspecified atom stereocenters. The second-order valence-corrected chi connectivity index (χ2v) is 10.8. The molecular formula is C25H34F2N6O4. The van der Waals surface area contributed by atoms with E-state index in [-0.39, 0.29) is 17.7 Å². The quantitative estimate of drug-likeness (QED) is 0.473. The molecule has 37 heavy (non-hydrogen) atoms. The maximum absolute atomic E-state index is 13.4. The second kappa shape index (κ2) is 10.6. The number of rotatable bonds is 10. The zero-order valence-corrected chi connectivity index (χ0v) is 21.7. The van der Waals surface area contributed by atoms with Crippen LogP contribution in [-0.2, 0) is 9.53 Å². The number of alkyl carbamates (subject to hydrolysis) is 1. The van der Waals surface area contributed by atoms with Gasteiger partial charge in [-0.1, -0.05) is 0 Å².